The van der Waals surface area contributed by atoms with Crippen LogP contribution in [0.5, 0.6) is 5.88 Å². The number of aromatic nitrogens is 2. The van der Waals surface area contributed by atoms with E-state index < -0.39 is 40.0 Å². The lowest BCUT2D eigenvalue weighted by Crippen LogP contribution is -2.24. The van der Waals surface area contributed by atoms with E-state index in [2.05, 4.69) is 9.97 Å². The number of methoxy groups -OCH3 is 1. The first kappa shape index (κ1) is 16.4. The molecule has 1 heterocycles. The number of rotatable bonds is 5. The van der Waals surface area contributed by atoms with Gasteiger partial charge in [-0.1, -0.05) is 18.2 Å². The number of aliphatic hydroxyl groups is 1. The van der Waals surface area contributed by atoms with Crippen LogP contribution in [-0.4, -0.2) is 30.6 Å². The van der Waals surface area contributed by atoms with E-state index in [4.69, 9.17) is 21.6 Å². The smallest absolute Gasteiger partial charge is 0.279 e. The lowest BCUT2D eigenvalue weighted by Gasteiger charge is -2.17. The third-order valence-corrected chi connectivity index (χ3v) is 4.80. The molecule has 0 aliphatic heterocycles. The predicted octanol–water partition coefficient (Wildman–Crippen LogP) is 1.47. The largest absolute Gasteiger partial charge is 0.478 e. The second kappa shape index (κ2) is 6.42. The minimum Gasteiger partial charge on any atom is -0.478 e. The number of halogens is 2. The Morgan fingerprint density at radius 3 is 2.50 bits per heavy atom. The van der Waals surface area contributed by atoms with E-state index in [0.717, 1.165) is 7.11 Å². The molecule has 7 nitrogen and oxygen atoms in total. The SMILES string of the molecule is COc1nc(F)c(CO)nc1N(Cl)S(=O)(=O)c1ccccc1. The van der Waals surface area contributed by atoms with E-state index in [-0.39, 0.29) is 4.90 Å². The van der Waals surface area contributed by atoms with Crippen LogP contribution in [0.4, 0.5) is 10.2 Å². The molecule has 0 saturated carbocycles. The second-order valence-electron chi connectivity index (χ2n) is 3.99. The summed E-state index contributed by atoms with van der Waals surface area (Å²) in [5, 5.41) is 9.01. The Morgan fingerprint density at radius 1 is 1.32 bits per heavy atom. The van der Waals surface area contributed by atoms with E-state index in [0.29, 0.717) is 3.82 Å². The molecule has 22 heavy (non-hydrogen) atoms. The summed E-state index contributed by atoms with van der Waals surface area (Å²) in [5.74, 6) is -1.95. The van der Waals surface area contributed by atoms with Crippen LogP contribution in [0.25, 0.3) is 0 Å². The van der Waals surface area contributed by atoms with Gasteiger partial charge >= 0.3 is 0 Å². The Hall–Kier alpha value is -1.97. The van der Waals surface area contributed by atoms with Crippen LogP contribution in [0.3, 0.4) is 0 Å². The van der Waals surface area contributed by atoms with Crippen molar-refractivity contribution in [3.8, 4) is 5.88 Å². The maximum absolute atomic E-state index is 13.5. The molecule has 2 rings (SSSR count). The van der Waals surface area contributed by atoms with E-state index in [1.807, 2.05) is 0 Å². The van der Waals surface area contributed by atoms with Crippen molar-refractivity contribution in [2.45, 2.75) is 11.5 Å². The number of anilines is 1. The molecule has 1 aromatic carbocycles. The second-order valence-corrected chi connectivity index (χ2v) is 6.31. The Balaban J connectivity index is 2.56. The molecule has 0 aliphatic carbocycles. The zero-order valence-electron chi connectivity index (χ0n) is 11.3. The van der Waals surface area contributed by atoms with Crippen LogP contribution in [0.2, 0.25) is 0 Å². The third kappa shape index (κ3) is 2.96. The fraction of sp³-hybridized carbons (Fsp3) is 0.167. The quantitative estimate of drug-likeness (QED) is 0.823. The molecule has 0 amide bonds. The van der Waals surface area contributed by atoms with Crippen LogP contribution in [0.15, 0.2) is 35.2 Å². The molecule has 0 unspecified atom stereocenters. The fourth-order valence-corrected chi connectivity index (χ4v) is 2.96. The highest BCUT2D eigenvalue weighted by Gasteiger charge is 2.29. The lowest BCUT2D eigenvalue weighted by atomic mass is 10.4. The normalized spacial score (nSPS) is 11.3. The van der Waals surface area contributed by atoms with Crippen LogP contribution in [-0.2, 0) is 16.6 Å². The van der Waals surface area contributed by atoms with Crippen LogP contribution in [0, 0.1) is 5.95 Å². The summed E-state index contributed by atoms with van der Waals surface area (Å²) in [6.45, 7) is -0.772. The van der Waals surface area contributed by atoms with Gasteiger partial charge in [-0.25, -0.2) is 4.98 Å². The summed E-state index contributed by atoms with van der Waals surface area (Å²) in [7, 11) is -2.99. The average Bonchev–Trinajstić information content (AvgIpc) is 2.54. The van der Waals surface area contributed by atoms with E-state index in [1.54, 1.807) is 6.07 Å². The summed E-state index contributed by atoms with van der Waals surface area (Å²) in [4.78, 5) is 6.95. The molecule has 0 fully saturated rings. The number of aliphatic hydroxyl groups excluding tert-OH is 1. The first-order valence-electron chi connectivity index (χ1n) is 5.89. The maximum atomic E-state index is 13.5. The standard InChI is InChI=1S/C12H11ClFN3O4S/c1-21-12-11(15-9(7-18)10(14)16-12)17(13)22(19,20)8-5-3-2-4-6-8/h2-6,18H,7H2,1H3. The van der Waals surface area contributed by atoms with Gasteiger partial charge in [-0.05, 0) is 12.1 Å². The van der Waals surface area contributed by atoms with Crippen molar-refractivity contribution in [1.29, 1.82) is 0 Å². The van der Waals surface area contributed by atoms with Crippen molar-refractivity contribution in [3.63, 3.8) is 0 Å². The minimum absolute atomic E-state index is 0.0938. The van der Waals surface area contributed by atoms with Crippen LogP contribution >= 0.6 is 11.8 Å². The number of hydrogen-bond acceptors (Lipinski definition) is 6. The molecule has 2 aromatic rings. The van der Waals surface area contributed by atoms with Crippen molar-refractivity contribution >= 4 is 27.6 Å². The average molecular weight is 348 g/mol. The molecule has 118 valence electrons. The highest BCUT2D eigenvalue weighted by atomic mass is 35.5. The van der Waals surface area contributed by atoms with Gasteiger partial charge < -0.3 is 9.84 Å². The number of sulfonamides is 1. The molecular formula is C12H11ClFN3O4S. The molecule has 0 bridgehead atoms. The Labute approximate surface area is 131 Å². The summed E-state index contributed by atoms with van der Waals surface area (Å²) in [6.07, 6.45) is 0. The number of nitrogens with zero attached hydrogens (tertiary/aromatic N) is 3. The molecule has 0 radical (unpaired) electrons. The molecular weight excluding hydrogens is 337 g/mol. The summed E-state index contributed by atoms with van der Waals surface area (Å²) in [5.41, 5.74) is -0.454. The van der Waals surface area contributed by atoms with Crippen LogP contribution < -0.4 is 8.56 Å². The van der Waals surface area contributed by atoms with Gasteiger partial charge in [0.1, 0.15) is 5.69 Å². The molecule has 1 N–H and O–H groups in total. The summed E-state index contributed by atoms with van der Waals surface area (Å²) in [6, 6.07) is 7.34. The predicted molar refractivity (Wildman–Crippen MR) is 76.4 cm³/mol. The topological polar surface area (TPSA) is 92.6 Å². The van der Waals surface area contributed by atoms with Crippen molar-refractivity contribution in [2.75, 3.05) is 10.9 Å². The van der Waals surface area contributed by atoms with Gasteiger partial charge in [-0.3, -0.25) is 0 Å². The Morgan fingerprint density at radius 2 is 1.95 bits per heavy atom. The van der Waals surface area contributed by atoms with E-state index in [9.17, 15) is 12.8 Å². The van der Waals surface area contributed by atoms with Crippen LogP contribution in [0.1, 0.15) is 5.69 Å². The zero-order chi connectivity index (χ0) is 16.3. The number of ether oxygens (including phenoxy) is 1. The molecule has 0 spiro atoms. The molecule has 0 aliphatic rings. The van der Waals surface area contributed by atoms with E-state index in [1.165, 1.54) is 24.3 Å². The maximum Gasteiger partial charge on any atom is 0.279 e. The molecule has 0 saturated heterocycles. The highest BCUT2D eigenvalue weighted by Crippen LogP contribution is 2.31. The van der Waals surface area contributed by atoms with Gasteiger partial charge in [0, 0.05) is 11.8 Å². The molecule has 1 aromatic heterocycles. The van der Waals surface area contributed by atoms with Gasteiger partial charge in [-0.15, -0.1) is 0 Å². The molecule has 10 heteroatoms. The number of benzene rings is 1. The number of hydrogen-bond donors (Lipinski definition) is 1. The van der Waals surface area contributed by atoms with Gasteiger partial charge in [0.2, 0.25) is 11.8 Å². The third-order valence-electron chi connectivity index (χ3n) is 2.63. The molecule has 0 atom stereocenters. The van der Waals surface area contributed by atoms with Crippen molar-refractivity contribution < 1.29 is 22.7 Å². The monoisotopic (exact) mass is 347 g/mol. The van der Waals surface area contributed by atoms with Gasteiger partial charge in [0.25, 0.3) is 15.9 Å². The lowest BCUT2D eigenvalue weighted by molar-refractivity contribution is 0.266. The van der Waals surface area contributed by atoms with Gasteiger partial charge in [0.05, 0.1) is 18.6 Å². The van der Waals surface area contributed by atoms with E-state index >= 15 is 0 Å². The summed E-state index contributed by atoms with van der Waals surface area (Å²) >= 11 is 5.86. The first-order valence-corrected chi connectivity index (χ1v) is 7.67. The van der Waals surface area contributed by atoms with Gasteiger partial charge in [-0.2, -0.15) is 21.6 Å². The van der Waals surface area contributed by atoms with Crippen molar-refractivity contribution in [1.82, 2.24) is 9.97 Å². The summed E-state index contributed by atoms with van der Waals surface area (Å²) < 4.78 is 43.4. The van der Waals surface area contributed by atoms with Crippen molar-refractivity contribution in [3.05, 3.63) is 42.0 Å². The van der Waals surface area contributed by atoms with Crippen molar-refractivity contribution in [2.24, 2.45) is 0 Å². The first-order chi connectivity index (χ1) is 10.4. The highest BCUT2D eigenvalue weighted by molar-refractivity contribution is 7.94. The Bertz CT molecular complexity index is 773. The Kier molecular flexibility index (Phi) is 4.79. The van der Waals surface area contributed by atoms with Gasteiger partial charge in [0.15, 0.2) is 0 Å². The minimum atomic E-state index is -4.15. The fourth-order valence-electron chi connectivity index (χ4n) is 1.58. The zero-order valence-corrected chi connectivity index (χ0v) is 12.8.